The molecule has 0 aliphatic heterocycles. The third-order valence-electron chi connectivity index (χ3n) is 3.98. The topological polar surface area (TPSA) is 86.2 Å². The Morgan fingerprint density at radius 3 is 2.59 bits per heavy atom. The number of amides is 1. The van der Waals surface area contributed by atoms with Gasteiger partial charge in [-0.25, -0.2) is 4.37 Å². The predicted molar refractivity (Wildman–Crippen MR) is 103 cm³/mol. The van der Waals surface area contributed by atoms with Crippen LogP contribution in [0.5, 0.6) is 11.6 Å². The molecule has 0 saturated heterocycles. The van der Waals surface area contributed by atoms with Crippen molar-refractivity contribution in [2.75, 3.05) is 13.7 Å². The highest BCUT2D eigenvalue weighted by atomic mass is 32.1. The summed E-state index contributed by atoms with van der Waals surface area (Å²) in [6.45, 7) is 2.30. The molecular weight excluding hydrogens is 364 g/mol. The van der Waals surface area contributed by atoms with E-state index in [1.54, 1.807) is 24.8 Å². The summed E-state index contributed by atoms with van der Waals surface area (Å²) in [5, 5.41) is 13.0. The molecule has 27 heavy (non-hydrogen) atoms. The van der Waals surface area contributed by atoms with Gasteiger partial charge in [0.05, 0.1) is 30.6 Å². The van der Waals surface area contributed by atoms with Gasteiger partial charge in [0.15, 0.2) is 0 Å². The van der Waals surface area contributed by atoms with Crippen LogP contribution in [0, 0.1) is 0 Å². The van der Waals surface area contributed by atoms with Crippen LogP contribution in [-0.2, 0) is 0 Å². The van der Waals surface area contributed by atoms with Gasteiger partial charge in [0.2, 0.25) is 5.88 Å². The number of hydrogen-bond acceptors (Lipinski definition) is 7. The van der Waals surface area contributed by atoms with Crippen molar-refractivity contribution in [3.05, 3.63) is 53.5 Å². The van der Waals surface area contributed by atoms with Crippen molar-refractivity contribution in [3.63, 3.8) is 0 Å². The average Bonchev–Trinajstić information content (AvgIpc) is 3.26. The number of rotatable bonds is 8. The van der Waals surface area contributed by atoms with Crippen LogP contribution >= 0.6 is 11.5 Å². The molecule has 1 atom stereocenters. The Balaban J connectivity index is 1.56. The van der Waals surface area contributed by atoms with E-state index in [9.17, 15) is 4.79 Å². The summed E-state index contributed by atoms with van der Waals surface area (Å²) in [7, 11) is 1.63. The van der Waals surface area contributed by atoms with Crippen molar-refractivity contribution in [1.82, 2.24) is 19.9 Å². The first-order valence-corrected chi connectivity index (χ1v) is 9.34. The minimum absolute atomic E-state index is 0.125. The fourth-order valence-electron chi connectivity index (χ4n) is 2.35. The van der Waals surface area contributed by atoms with Gasteiger partial charge >= 0.3 is 0 Å². The maximum absolute atomic E-state index is 12.1. The number of aromatic nitrogens is 3. The zero-order chi connectivity index (χ0) is 19.1. The molecule has 1 unspecified atom stereocenters. The number of ether oxygens (including phenoxy) is 2. The Labute approximate surface area is 161 Å². The van der Waals surface area contributed by atoms with Crippen LogP contribution in [0.1, 0.15) is 23.7 Å². The SMILES string of the molecule is CCC(COc1ccc(-c2ccc(OC)cc2)nn1)NC(=O)c1cnsc1. The number of benzene rings is 1. The van der Waals surface area contributed by atoms with Crippen LogP contribution < -0.4 is 14.8 Å². The molecule has 2 aromatic heterocycles. The van der Waals surface area contributed by atoms with Crippen molar-refractivity contribution in [3.8, 4) is 22.9 Å². The zero-order valence-corrected chi connectivity index (χ0v) is 15.9. The van der Waals surface area contributed by atoms with Gasteiger partial charge in [0.25, 0.3) is 5.91 Å². The van der Waals surface area contributed by atoms with Gasteiger partial charge in [0, 0.05) is 17.0 Å². The van der Waals surface area contributed by atoms with E-state index in [-0.39, 0.29) is 11.9 Å². The monoisotopic (exact) mass is 384 g/mol. The van der Waals surface area contributed by atoms with Crippen molar-refractivity contribution < 1.29 is 14.3 Å². The second kappa shape index (κ2) is 9.09. The minimum atomic E-state index is -0.153. The van der Waals surface area contributed by atoms with E-state index in [2.05, 4.69) is 19.9 Å². The van der Waals surface area contributed by atoms with Gasteiger partial charge < -0.3 is 14.8 Å². The standard InChI is InChI=1S/C19H20N4O3S/c1-3-15(21-19(24)14-10-20-27-12-14)11-26-18-9-8-17(22-23-18)13-4-6-16(25-2)7-5-13/h4-10,12,15H,3,11H2,1-2H3,(H,21,24). The lowest BCUT2D eigenvalue weighted by Crippen LogP contribution is -2.38. The molecule has 0 aliphatic rings. The third kappa shape index (κ3) is 5.01. The normalized spacial score (nSPS) is 11.6. The Bertz CT molecular complexity index is 852. The predicted octanol–water partition coefficient (Wildman–Crippen LogP) is 3.20. The molecule has 0 spiro atoms. The highest BCUT2D eigenvalue weighted by Gasteiger charge is 2.14. The highest BCUT2D eigenvalue weighted by Crippen LogP contribution is 2.21. The number of nitrogens with one attached hydrogen (secondary N) is 1. The quantitative estimate of drug-likeness (QED) is 0.642. The Morgan fingerprint density at radius 1 is 1.19 bits per heavy atom. The maximum Gasteiger partial charge on any atom is 0.254 e. The molecule has 3 aromatic rings. The molecule has 0 fully saturated rings. The fraction of sp³-hybridized carbons (Fsp3) is 0.263. The molecule has 140 valence electrons. The van der Waals surface area contributed by atoms with E-state index in [0.29, 0.717) is 18.1 Å². The zero-order valence-electron chi connectivity index (χ0n) is 15.1. The van der Waals surface area contributed by atoms with Crippen LogP contribution in [0.3, 0.4) is 0 Å². The highest BCUT2D eigenvalue weighted by molar-refractivity contribution is 7.03. The van der Waals surface area contributed by atoms with E-state index in [0.717, 1.165) is 23.4 Å². The van der Waals surface area contributed by atoms with Gasteiger partial charge in [-0.1, -0.05) is 6.92 Å². The van der Waals surface area contributed by atoms with Crippen molar-refractivity contribution in [1.29, 1.82) is 0 Å². The summed E-state index contributed by atoms with van der Waals surface area (Å²) in [5.41, 5.74) is 2.25. The van der Waals surface area contributed by atoms with Crippen molar-refractivity contribution >= 4 is 17.4 Å². The first-order valence-electron chi connectivity index (χ1n) is 8.50. The van der Waals surface area contributed by atoms with Gasteiger partial charge in [-0.2, -0.15) is 0 Å². The van der Waals surface area contributed by atoms with Gasteiger partial charge in [0.1, 0.15) is 12.4 Å². The molecule has 2 heterocycles. The number of carbonyl (C=O) groups excluding carboxylic acids is 1. The molecule has 1 amide bonds. The van der Waals surface area contributed by atoms with Crippen molar-refractivity contribution in [2.24, 2.45) is 0 Å². The lowest BCUT2D eigenvalue weighted by molar-refractivity contribution is 0.0919. The van der Waals surface area contributed by atoms with Crippen LogP contribution in [0.2, 0.25) is 0 Å². The maximum atomic E-state index is 12.1. The van der Waals surface area contributed by atoms with Gasteiger partial charge in [-0.05, 0) is 48.3 Å². The molecule has 1 N–H and O–H groups in total. The van der Waals surface area contributed by atoms with Crippen LogP contribution in [0.25, 0.3) is 11.3 Å². The van der Waals surface area contributed by atoms with Crippen LogP contribution in [-0.4, -0.2) is 40.2 Å². The summed E-state index contributed by atoms with van der Waals surface area (Å²) in [6, 6.07) is 11.1. The minimum Gasteiger partial charge on any atom is -0.497 e. The number of methoxy groups -OCH3 is 1. The first-order chi connectivity index (χ1) is 13.2. The Hall–Kier alpha value is -3.00. The first kappa shape index (κ1) is 18.8. The van der Waals surface area contributed by atoms with Crippen LogP contribution in [0.4, 0.5) is 0 Å². The van der Waals surface area contributed by atoms with E-state index in [1.165, 1.54) is 11.5 Å². The third-order valence-corrected chi connectivity index (χ3v) is 4.57. The summed E-state index contributed by atoms with van der Waals surface area (Å²) in [5.74, 6) is 1.05. The molecule has 0 bridgehead atoms. The van der Waals surface area contributed by atoms with E-state index >= 15 is 0 Å². The molecule has 7 nitrogen and oxygen atoms in total. The fourth-order valence-corrected chi connectivity index (χ4v) is 2.86. The van der Waals surface area contributed by atoms with Gasteiger partial charge in [-0.15, -0.1) is 10.2 Å². The molecule has 0 radical (unpaired) electrons. The second-order valence-corrected chi connectivity index (χ2v) is 6.45. The molecule has 3 rings (SSSR count). The molecule has 0 aliphatic carbocycles. The lowest BCUT2D eigenvalue weighted by atomic mass is 10.1. The number of hydrogen-bond donors (Lipinski definition) is 1. The molecule has 8 heteroatoms. The summed E-state index contributed by atoms with van der Waals surface area (Å²) in [6.07, 6.45) is 2.29. The Morgan fingerprint density at radius 2 is 2.00 bits per heavy atom. The number of nitrogens with zero attached hydrogens (tertiary/aromatic N) is 3. The average molecular weight is 384 g/mol. The number of carbonyl (C=O) groups is 1. The summed E-state index contributed by atoms with van der Waals surface area (Å²) < 4.78 is 14.8. The molecular formula is C19H20N4O3S. The van der Waals surface area contributed by atoms with E-state index < -0.39 is 0 Å². The molecule has 0 saturated carbocycles. The summed E-state index contributed by atoms with van der Waals surface area (Å²) in [4.78, 5) is 12.1. The Kier molecular flexibility index (Phi) is 6.32. The summed E-state index contributed by atoms with van der Waals surface area (Å²) >= 11 is 1.25. The second-order valence-electron chi connectivity index (χ2n) is 5.79. The van der Waals surface area contributed by atoms with E-state index in [4.69, 9.17) is 9.47 Å². The van der Waals surface area contributed by atoms with Gasteiger partial charge in [-0.3, -0.25) is 4.79 Å². The largest absolute Gasteiger partial charge is 0.497 e. The smallest absolute Gasteiger partial charge is 0.254 e. The lowest BCUT2D eigenvalue weighted by Gasteiger charge is -2.16. The molecule has 1 aromatic carbocycles. The van der Waals surface area contributed by atoms with Crippen molar-refractivity contribution in [2.45, 2.75) is 19.4 Å². The van der Waals surface area contributed by atoms with E-state index in [1.807, 2.05) is 37.3 Å². The van der Waals surface area contributed by atoms with Crippen LogP contribution in [0.15, 0.2) is 48.0 Å².